The lowest BCUT2D eigenvalue weighted by atomic mass is 10.0. The van der Waals surface area contributed by atoms with Gasteiger partial charge in [-0.1, -0.05) is 66.7 Å². The Balaban J connectivity index is 2.03. The highest BCUT2D eigenvalue weighted by molar-refractivity contribution is 5.83. The van der Waals surface area contributed by atoms with Crippen molar-refractivity contribution in [2.75, 3.05) is 13.6 Å². The fraction of sp³-hybridized carbons (Fsp3) is 0.158. The predicted octanol–water partition coefficient (Wildman–Crippen LogP) is 4.45. The summed E-state index contributed by atoms with van der Waals surface area (Å²) in [5, 5.41) is 0. The summed E-state index contributed by atoms with van der Waals surface area (Å²) in [6.07, 6.45) is 5.72. The predicted molar refractivity (Wildman–Crippen MR) is 86.1 cm³/mol. The van der Waals surface area contributed by atoms with Crippen LogP contribution in [0.15, 0.2) is 72.8 Å². The van der Waals surface area contributed by atoms with E-state index in [1.807, 2.05) is 0 Å². The van der Waals surface area contributed by atoms with E-state index < -0.39 is 0 Å². The number of benzene rings is 2. The molecule has 1 aliphatic heterocycles. The van der Waals surface area contributed by atoms with Gasteiger partial charge in [0.2, 0.25) is 0 Å². The van der Waals surface area contributed by atoms with E-state index >= 15 is 0 Å². The summed E-state index contributed by atoms with van der Waals surface area (Å²) in [6.45, 7) is 1.05. The average Bonchev–Trinajstić information content (AvgIpc) is 2.71. The lowest BCUT2D eigenvalue weighted by molar-refractivity contribution is 0.491. The third kappa shape index (κ3) is 2.67. The first kappa shape index (κ1) is 12.7. The van der Waals surface area contributed by atoms with Crippen LogP contribution in [0, 0.1) is 0 Å². The maximum atomic E-state index is 2.34. The van der Waals surface area contributed by atoms with E-state index in [1.54, 1.807) is 0 Å². The molecule has 0 radical (unpaired) electrons. The summed E-state index contributed by atoms with van der Waals surface area (Å²) in [7, 11) is 2.17. The van der Waals surface area contributed by atoms with Crippen LogP contribution >= 0.6 is 0 Å². The first-order chi connectivity index (χ1) is 9.84. The van der Waals surface area contributed by atoms with E-state index in [-0.39, 0.29) is 0 Å². The minimum absolute atomic E-state index is 1.05. The van der Waals surface area contributed by atoms with E-state index in [4.69, 9.17) is 0 Å². The van der Waals surface area contributed by atoms with Gasteiger partial charge in [0.1, 0.15) is 0 Å². The van der Waals surface area contributed by atoms with Gasteiger partial charge in [-0.25, -0.2) is 0 Å². The molecular weight excluding hydrogens is 242 g/mol. The molecule has 0 spiro atoms. The highest BCUT2D eigenvalue weighted by atomic mass is 15.1. The van der Waals surface area contributed by atoms with Gasteiger partial charge >= 0.3 is 0 Å². The molecule has 2 aromatic rings. The lowest BCUT2D eigenvalue weighted by Crippen LogP contribution is -2.16. The Bertz CT molecular complexity index is 623. The number of nitrogens with zero attached hydrogens (tertiary/aromatic N) is 1. The van der Waals surface area contributed by atoms with Crippen molar-refractivity contribution < 1.29 is 0 Å². The van der Waals surface area contributed by atoms with Gasteiger partial charge in [0.25, 0.3) is 0 Å². The minimum atomic E-state index is 1.05. The van der Waals surface area contributed by atoms with Crippen LogP contribution < -0.4 is 0 Å². The van der Waals surface area contributed by atoms with E-state index in [2.05, 4.69) is 84.8 Å². The first-order valence-corrected chi connectivity index (χ1v) is 7.08. The zero-order valence-corrected chi connectivity index (χ0v) is 11.8. The summed E-state index contributed by atoms with van der Waals surface area (Å²) >= 11 is 0. The van der Waals surface area contributed by atoms with Crippen molar-refractivity contribution in [1.29, 1.82) is 0 Å². The molecule has 0 amide bonds. The Morgan fingerprint density at radius 3 is 2.05 bits per heavy atom. The topological polar surface area (TPSA) is 3.24 Å². The molecule has 0 N–H and O–H groups in total. The molecule has 0 fully saturated rings. The molecule has 3 rings (SSSR count). The molecule has 0 saturated carbocycles. The molecule has 20 heavy (non-hydrogen) atoms. The van der Waals surface area contributed by atoms with Gasteiger partial charge in [-0.15, -0.1) is 0 Å². The molecule has 0 unspecified atom stereocenters. The van der Waals surface area contributed by atoms with Crippen LogP contribution in [0.3, 0.4) is 0 Å². The minimum Gasteiger partial charge on any atom is -0.374 e. The van der Waals surface area contributed by atoms with Crippen LogP contribution in [0.4, 0.5) is 0 Å². The fourth-order valence-electron chi connectivity index (χ4n) is 2.59. The second-order valence-corrected chi connectivity index (χ2v) is 5.13. The number of hydrogen-bond donors (Lipinski definition) is 0. The van der Waals surface area contributed by atoms with E-state index in [0.29, 0.717) is 0 Å². The highest BCUT2D eigenvalue weighted by Gasteiger charge is 2.11. The third-order valence-electron chi connectivity index (χ3n) is 3.71. The van der Waals surface area contributed by atoms with Gasteiger partial charge in [-0.05, 0) is 29.2 Å². The smallest absolute Gasteiger partial charge is 0.0443 e. The number of allylic oxidation sites excluding steroid dienone is 2. The van der Waals surface area contributed by atoms with Crippen molar-refractivity contribution in [3.05, 3.63) is 83.9 Å². The molecular formula is C19H19N. The SMILES string of the molecule is CN1CCC=C(c2ccccc2)C=C1c1ccccc1. The van der Waals surface area contributed by atoms with Crippen LogP contribution in [0.25, 0.3) is 11.3 Å². The van der Waals surface area contributed by atoms with Gasteiger partial charge in [0, 0.05) is 19.3 Å². The zero-order chi connectivity index (χ0) is 13.8. The summed E-state index contributed by atoms with van der Waals surface area (Å²) < 4.78 is 0. The van der Waals surface area contributed by atoms with Crippen LogP contribution in [0.5, 0.6) is 0 Å². The van der Waals surface area contributed by atoms with E-state index in [1.165, 1.54) is 22.4 Å². The van der Waals surface area contributed by atoms with Crippen molar-refractivity contribution in [3.8, 4) is 0 Å². The molecule has 0 atom stereocenters. The Morgan fingerprint density at radius 1 is 0.800 bits per heavy atom. The quantitative estimate of drug-likeness (QED) is 0.772. The summed E-state index contributed by atoms with van der Waals surface area (Å²) in [6, 6.07) is 21.2. The van der Waals surface area contributed by atoms with E-state index in [0.717, 1.165) is 13.0 Å². The fourth-order valence-corrected chi connectivity index (χ4v) is 2.59. The van der Waals surface area contributed by atoms with Crippen LogP contribution in [-0.2, 0) is 0 Å². The molecule has 2 aromatic carbocycles. The zero-order valence-electron chi connectivity index (χ0n) is 11.8. The van der Waals surface area contributed by atoms with Gasteiger partial charge < -0.3 is 4.90 Å². The molecule has 100 valence electrons. The second kappa shape index (κ2) is 5.79. The molecule has 0 aliphatic carbocycles. The average molecular weight is 261 g/mol. The molecule has 0 saturated heterocycles. The van der Waals surface area contributed by atoms with Gasteiger partial charge in [-0.2, -0.15) is 0 Å². The molecule has 1 heteroatoms. The van der Waals surface area contributed by atoms with Crippen LogP contribution in [0.1, 0.15) is 17.5 Å². The molecule has 1 aliphatic rings. The largest absolute Gasteiger partial charge is 0.374 e. The van der Waals surface area contributed by atoms with Gasteiger partial charge in [0.05, 0.1) is 0 Å². The van der Waals surface area contributed by atoms with Crippen molar-refractivity contribution in [2.45, 2.75) is 6.42 Å². The Kier molecular flexibility index (Phi) is 3.69. The van der Waals surface area contributed by atoms with Crippen LogP contribution in [-0.4, -0.2) is 18.5 Å². The maximum absolute atomic E-state index is 2.34. The van der Waals surface area contributed by atoms with Crippen molar-refractivity contribution in [3.63, 3.8) is 0 Å². The highest BCUT2D eigenvalue weighted by Crippen LogP contribution is 2.27. The Hall–Kier alpha value is -2.28. The van der Waals surface area contributed by atoms with Gasteiger partial charge in [-0.3, -0.25) is 0 Å². The van der Waals surface area contributed by atoms with E-state index in [9.17, 15) is 0 Å². The van der Waals surface area contributed by atoms with Crippen molar-refractivity contribution in [2.24, 2.45) is 0 Å². The molecule has 1 heterocycles. The summed E-state index contributed by atoms with van der Waals surface area (Å²) in [5.41, 5.74) is 5.17. The first-order valence-electron chi connectivity index (χ1n) is 7.08. The van der Waals surface area contributed by atoms with Crippen LogP contribution in [0.2, 0.25) is 0 Å². The lowest BCUT2D eigenvalue weighted by Gasteiger charge is -2.21. The number of rotatable bonds is 2. The molecule has 0 bridgehead atoms. The maximum Gasteiger partial charge on any atom is 0.0443 e. The third-order valence-corrected chi connectivity index (χ3v) is 3.71. The summed E-state index contributed by atoms with van der Waals surface area (Å²) in [5.74, 6) is 0. The standard InChI is InChI=1S/C19H19N/c1-20-14-8-13-18(16-9-4-2-5-10-16)15-19(20)17-11-6-3-7-12-17/h2-7,9-13,15H,8,14H2,1H3. The van der Waals surface area contributed by atoms with Gasteiger partial charge in [0.15, 0.2) is 0 Å². The van der Waals surface area contributed by atoms with Crippen molar-refractivity contribution in [1.82, 2.24) is 4.90 Å². The monoisotopic (exact) mass is 261 g/mol. The second-order valence-electron chi connectivity index (χ2n) is 5.13. The Morgan fingerprint density at radius 2 is 1.40 bits per heavy atom. The van der Waals surface area contributed by atoms with Crippen molar-refractivity contribution >= 4 is 11.3 Å². The Labute approximate surface area is 120 Å². The normalized spacial score (nSPS) is 15.3. The number of hydrogen-bond acceptors (Lipinski definition) is 1. The molecule has 0 aromatic heterocycles. The summed E-state index contributed by atoms with van der Waals surface area (Å²) in [4.78, 5) is 2.34. The molecule has 1 nitrogen and oxygen atoms in total.